The van der Waals surface area contributed by atoms with Crippen molar-refractivity contribution in [3.63, 3.8) is 0 Å². The van der Waals surface area contributed by atoms with E-state index in [0.717, 1.165) is 25.2 Å². The van der Waals surface area contributed by atoms with Crippen LogP contribution in [0.15, 0.2) is 36.7 Å². The Labute approximate surface area is 125 Å². The summed E-state index contributed by atoms with van der Waals surface area (Å²) in [6, 6.07) is 10.3. The molecule has 0 aliphatic heterocycles. The molecule has 1 aliphatic rings. The van der Waals surface area contributed by atoms with Crippen LogP contribution in [-0.4, -0.2) is 26.0 Å². The van der Waals surface area contributed by atoms with Crippen LogP contribution in [0.3, 0.4) is 0 Å². The van der Waals surface area contributed by atoms with Gasteiger partial charge in [-0.25, -0.2) is 9.67 Å². The van der Waals surface area contributed by atoms with Gasteiger partial charge in [0.2, 0.25) is 0 Å². The molecule has 0 radical (unpaired) electrons. The van der Waals surface area contributed by atoms with Gasteiger partial charge in [-0.15, -0.1) is 0 Å². The molecule has 0 saturated heterocycles. The Morgan fingerprint density at radius 3 is 2.57 bits per heavy atom. The van der Waals surface area contributed by atoms with Gasteiger partial charge in [0, 0.05) is 18.4 Å². The van der Waals surface area contributed by atoms with Crippen LogP contribution in [0.1, 0.15) is 38.1 Å². The Morgan fingerprint density at radius 2 is 1.95 bits per heavy atom. The maximum absolute atomic E-state index is 10.7. The molecule has 2 aromatic rings. The lowest BCUT2D eigenvalue weighted by Gasteiger charge is -2.22. The molecule has 1 N–H and O–H groups in total. The molecule has 21 heavy (non-hydrogen) atoms. The van der Waals surface area contributed by atoms with Gasteiger partial charge in [0.1, 0.15) is 12.2 Å². The van der Waals surface area contributed by atoms with Gasteiger partial charge in [-0.2, -0.15) is 5.10 Å². The van der Waals surface area contributed by atoms with Crippen molar-refractivity contribution in [2.75, 3.05) is 0 Å². The van der Waals surface area contributed by atoms with Crippen molar-refractivity contribution in [3.8, 4) is 0 Å². The minimum Gasteiger partial charge on any atom is -0.392 e. The first-order chi connectivity index (χ1) is 10.1. The summed E-state index contributed by atoms with van der Waals surface area (Å²) < 4.78 is 1.93. The molecule has 0 bridgehead atoms. The summed E-state index contributed by atoms with van der Waals surface area (Å²) in [5.41, 5.74) is 1.17. The first-order valence-electron chi connectivity index (χ1n) is 7.72. The number of aromatic nitrogens is 3. The first-order valence-corrected chi connectivity index (χ1v) is 7.72. The van der Waals surface area contributed by atoms with Gasteiger partial charge >= 0.3 is 0 Å². The van der Waals surface area contributed by atoms with Crippen LogP contribution in [0.5, 0.6) is 0 Å². The zero-order valence-corrected chi connectivity index (χ0v) is 12.7. The van der Waals surface area contributed by atoms with Crippen LogP contribution >= 0.6 is 0 Å². The molecule has 1 heterocycles. The third kappa shape index (κ3) is 2.86. The monoisotopic (exact) mass is 285 g/mol. The first kappa shape index (κ1) is 14.3. The fourth-order valence-electron chi connectivity index (χ4n) is 3.03. The van der Waals surface area contributed by atoms with Crippen LogP contribution in [0.4, 0.5) is 0 Å². The number of hydrogen-bond acceptors (Lipinski definition) is 3. The number of hydrogen-bond donors (Lipinski definition) is 1. The average Bonchev–Trinajstić information content (AvgIpc) is 3.18. The topological polar surface area (TPSA) is 50.9 Å². The van der Waals surface area contributed by atoms with Crippen molar-refractivity contribution in [1.29, 1.82) is 0 Å². The van der Waals surface area contributed by atoms with E-state index >= 15 is 0 Å². The highest BCUT2D eigenvalue weighted by Crippen LogP contribution is 2.51. The van der Waals surface area contributed by atoms with E-state index in [9.17, 15) is 5.11 Å². The molecule has 1 aromatic carbocycles. The molecule has 4 nitrogen and oxygen atoms in total. The Bertz CT molecular complexity index is 587. The summed E-state index contributed by atoms with van der Waals surface area (Å²) in [7, 11) is 0. The molecule has 1 fully saturated rings. The van der Waals surface area contributed by atoms with Gasteiger partial charge < -0.3 is 5.11 Å². The predicted molar refractivity (Wildman–Crippen MR) is 81.9 cm³/mol. The molecule has 0 spiro atoms. The minimum atomic E-state index is -0.394. The lowest BCUT2D eigenvalue weighted by atomic mass is 9.88. The van der Waals surface area contributed by atoms with Crippen LogP contribution in [0.2, 0.25) is 0 Å². The highest BCUT2D eigenvalue weighted by atomic mass is 16.3. The minimum absolute atomic E-state index is 0.0735. The summed E-state index contributed by atoms with van der Waals surface area (Å²) in [6.07, 6.45) is 3.87. The van der Waals surface area contributed by atoms with Crippen molar-refractivity contribution in [1.82, 2.24) is 14.8 Å². The quantitative estimate of drug-likeness (QED) is 0.887. The van der Waals surface area contributed by atoms with E-state index < -0.39 is 6.10 Å². The standard InChI is InChI=1S/C17H23N3O/c1-13(2)11-20-16(18-12-19-20)10-15(21)17(8-9-17)14-6-4-3-5-7-14/h3-7,12-13,15,21H,8-11H2,1-2H3. The summed E-state index contributed by atoms with van der Waals surface area (Å²) >= 11 is 0. The molecule has 1 atom stereocenters. The van der Waals surface area contributed by atoms with E-state index in [-0.39, 0.29) is 5.41 Å². The highest BCUT2D eigenvalue weighted by Gasteiger charge is 2.50. The van der Waals surface area contributed by atoms with E-state index in [2.05, 4.69) is 36.1 Å². The van der Waals surface area contributed by atoms with Gasteiger partial charge in [0.05, 0.1) is 6.10 Å². The number of aliphatic hydroxyl groups excluding tert-OH is 1. The fraction of sp³-hybridized carbons (Fsp3) is 0.529. The fourth-order valence-corrected chi connectivity index (χ4v) is 3.03. The predicted octanol–water partition coefficient (Wildman–Crippen LogP) is 2.57. The lowest BCUT2D eigenvalue weighted by Crippen LogP contribution is -2.29. The zero-order chi connectivity index (χ0) is 14.9. The Kier molecular flexibility index (Phi) is 3.81. The molecule has 0 amide bonds. The Hall–Kier alpha value is -1.68. The van der Waals surface area contributed by atoms with Crippen molar-refractivity contribution >= 4 is 0 Å². The van der Waals surface area contributed by atoms with Crippen LogP contribution in [-0.2, 0) is 18.4 Å². The van der Waals surface area contributed by atoms with E-state index in [0.29, 0.717) is 12.3 Å². The van der Waals surface area contributed by atoms with Crippen LogP contribution < -0.4 is 0 Å². The lowest BCUT2D eigenvalue weighted by molar-refractivity contribution is 0.127. The van der Waals surface area contributed by atoms with Gasteiger partial charge in [0.15, 0.2) is 0 Å². The number of benzene rings is 1. The largest absolute Gasteiger partial charge is 0.392 e. The third-order valence-electron chi connectivity index (χ3n) is 4.38. The molecule has 4 heteroatoms. The van der Waals surface area contributed by atoms with E-state index in [4.69, 9.17) is 0 Å². The normalized spacial score (nSPS) is 17.9. The molecule has 3 rings (SSSR count). The highest BCUT2D eigenvalue weighted by molar-refractivity contribution is 5.33. The van der Waals surface area contributed by atoms with Crippen molar-refractivity contribution < 1.29 is 5.11 Å². The average molecular weight is 285 g/mol. The zero-order valence-electron chi connectivity index (χ0n) is 12.7. The summed E-state index contributed by atoms with van der Waals surface area (Å²) in [4.78, 5) is 4.34. The third-order valence-corrected chi connectivity index (χ3v) is 4.38. The van der Waals surface area contributed by atoms with Gasteiger partial charge in [-0.3, -0.25) is 0 Å². The summed E-state index contributed by atoms with van der Waals surface area (Å²) in [5.74, 6) is 1.41. The maximum Gasteiger partial charge on any atom is 0.138 e. The van der Waals surface area contributed by atoms with Crippen molar-refractivity contribution in [2.45, 2.75) is 51.2 Å². The second kappa shape index (κ2) is 5.60. The van der Waals surface area contributed by atoms with Crippen LogP contribution in [0, 0.1) is 5.92 Å². The molecular weight excluding hydrogens is 262 g/mol. The van der Waals surface area contributed by atoms with E-state index in [1.165, 1.54) is 5.56 Å². The van der Waals surface area contributed by atoms with Crippen molar-refractivity contribution in [3.05, 3.63) is 48.0 Å². The molecule has 1 aromatic heterocycles. The second-order valence-electron chi connectivity index (χ2n) is 6.49. The van der Waals surface area contributed by atoms with E-state index in [1.807, 2.05) is 22.9 Å². The Morgan fingerprint density at radius 1 is 1.24 bits per heavy atom. The Balaban J connectivity index is 1.75. The molecule has 1 saturated carbocycles. The van der Waals surface area contributed by atoms with Gasteiger partial charge in [-0.1, -0.05) is 44.2 Å². The van der Waals surface area contributed by atoms with Crippen LogP contribution in [0.25, 0.3) is 0 Å². The number of aliphatic hydroxyl groups is 1. The molecular formula is C17H23N3O. The van der Waals surface area contributed by atoms with Crippen molar-refractivity contribution in [2.24, 2.45) is 5.92 Å². The van der Waals surface area contributed by atoms with Gasteiger partial charge in [-0.05, 0) is 24.3 Å². The van der Waals surface area contributed by atoms with Gasteiger partial charge in [0.25, 0.3) is 0 Å². The molecule has 1 unspecified atom stereocenters. The summed E-state index contributed by atoms with van der Waals surface area (Å²) in [6.45, 7) is 5.17. The second-order valence-corrected chi connectivity index (χ2v) is 6.49. The molecule has 112 valence electrons. The number of rotatable bonds is 6. The van der Waals surface area contributed by atoms with E-state index in [1.54, 1.807) is 6.33 Å². The summed E-state index contributed by atoms with van der Waals surface area (Å²) in [5, 5.41) is 15.0. The molecule has 1 aliphatic carbocycles. The smallest absolute Gasteiger partial charge is 0.138 e. The number of nitrogens with zero attached hydrogens (tertiary/aromatic N) is 3. The maximum atomic E-state index is 10.7. The SMILES string of the molecule is CC(C)Cn1ncnc1CC(O)C1(c2ccccc2)CC1.